The lowest BCUT2D eigenvalue weighted by Gasteiger charge is -2.12. The molecule has 1 amide bonds. The van der Waals surface area contributed by atoms with Crippen LogP contribution < -0.4 is 10.1 Å². The highest BCUT2D eigenvalue weighted by molar-refractivity contribution is 7.15. The summed E-state index contributed by atoms with van der Waals surface area (Å²) in [5, 5.41) is 5.23. The lowest BCUT2D eigenvalue weighted by molar-refractivity contribution is 0.0529. The highest BCUT2D eigenvalue weighted by Gasteiger charge is 2.24. The van der Waals surface area contributed by atoms with Crippen LogP contribution in [0.1, 0.15) is 45.7 Å². The zero-order chi connectivity index (χ0) is 21.7. The Kier molecular flexibility index (Phi) is 6.90. The molecule has 0 saturated carbocycles. The Bertz CT molecular complexity index is 1070. The summed E-state index contributed by atoms with van der Waals surface area (Å²) in [7, 11) is 0. The van der Waals surface area contributed by atoms with E-state index >= 15 is 0 Å². The number of benzene rings is 2. The van der Waals surface area contributed by atoms with Crippen molar-refractivity contribution in [3.8, 4) is 16.9 Å². The van der Waals surface area contributed by atoms with Crippen molar-refractivity contribution in [2.75, 3.05) is 18.5 Å². The molecule has 0 bridgehead atoms. The summed E-state index contributed by atoms with van der Waals surface area (Å²) in [4.78, 5) is 25.8. The number of para-hydroxylation sites is 1. The van der Waals surface area contributed by atoms with E-state index in [-0.39, 0.29) is 12.5 Å². The van der Waals surface area contributed by atoms with Gasteiger partial charge in [0.15, 0.2) is 0 Å². The number of esters is 1. The van der Waals surface area contributed by atoms with Crippen LogP contribution in [0.2, 0.25) is 0 Å². The molecule has 0 fully saturated rings. The van der Waals surface area contributed by atoms with E-state index in [1.807, 2.05) is 44.4 Å². The van der Waals surface area contributed by atoms with E-state index in [1.165, 1.54) is 11.3 Å². The van der Waals surface area contributed by atoms with Crippen LogP contribution in [0.3, 0.4) is 0 Å². The Labute approximate surface area is 180 Å². The van der Waals surface area contributed by atoms with Crippen LogP contribution in [0, 0.1) is 13.8 Å². The molecule has 0 saturated heterocycles. The molecule has 2 aromatic carbocycles. The summed E-state index contributed by atoms with van der Waals surface area (Å²) >= 11 is 1.31. The standard InChI is InChI=1S/C24H25NO4S/c1-5-28-20-10-8-7-9-18(20)22(26)25-23-21(24(27)29-6-2)19(14-30-23)17-12-11-15(3)13-16(17)4/h7-14H,5-6H2,1-4H3,(H,25,26). The monoisotopic (exact) mass is 423 g/mol. The van der Waals surface area contributed by atoms with Crippen LogP contribution in [0.15, 0.2) is 47.8 Å². The van der Waals surface area contributed by atoms with Gasteiger partial charge in [-0.15, -0.1) is 11.3 Å². The van der Waals surface area contributed by atoms with Crippen LogP contribution in [0.5, 0.6) is 5.75 Å². The van der Waals surface area contributed by atoms with Crippen molar-refractivity contribution in [1.82, 2.24) is 0 Å². The molecule has 156 valence electrons. The van der Waals surface area contributed by atoms with Crippen molar-refractivity contribution in [1.29, 1.82) is 0 Å². The van der Waals surface area contributed by atoms with E-state index in [9.17, 15) is 9.59 Å². The molecule has 1 heterocycles. The number of nitrogens with one attached hydrogen (secondary N) is 1. The largest absolute Gasteiger partial charge is 0.493 e. The Balaban J connectivity index is 2.02. The first-order valence-electron chi connectivity index (χ1n) is 9.85. The van der Waals surface area contributed by atoms with Gasteiger partial charge in [-0.1, -0.05) is 35.9 Å². The Morgan fingerprint density at radius 1 is 1.00 bits per heavy atom. The van der Waals surface area contributed by atoms with E-state index in [4.69, 9.17) is 9.47 Å². The van der Waals surface area contributed by atoms with Crippen molar-refractivity contribution < 1.29 is 19.1 Å². The van der Waals surface area contributed by atoms with Gasteiger partial charge in [-0.25, -0.2) is 4.79 Å². The average molecular weight is 424 g/mol. The maximum atomic E-state index is 13.0. The second kappa shape index (κ2) is 9.59. The van der Waals surface area contributed by atoms with E-state index in [0.717, 1.165) is 22.3 Å². The number of carbonyl (C=O) groups excluding carboxylic acids is 2. The Morgan fingerprint density at radius 2 is 1.77 bits per heavy atom. The maximum absolute atomic E-state index is 13.0. The predicted molar refractivity (Wildman–Crippen MR) is 121 cm³/mol. The van der Waals surface area contributed by atoms with Gasteiger partial charge in [-0.3, -0.25) is 4.79 Å². The number of hydrogen-bond acceptors (Lipinski definition) is 5. The van der Waals surface area contributed by atoms with Crippen LogP contribution in [0.4, 0.5) is 5.00 Å². The van der Waals surface area contributed by atoms with Crippen LogP contribution in [0.25, 0.3) is 11.1 Å². The van der Waals surface area contributed by atoms with Crippen molar-refractivity contribution in [3.63, 3.8) is 0 Å². The number of thiophene rings is 1. The molecule has 0 spiro atoms. The second-order valence-corrected chi connectivity index (χ2v) is 7.66. The highest BCUT2D eigenvalue weighted by Crippen LogP contribution is 2.38. The highest BCUT2D eigenvalue weighted by atomic mass is 32.1. The molecule has 0 aliphatic heterocycles. The number of ether oxygens (including phenoxy) is 2. The van der Waals surface area contributed by atoms with Gasteiger partial charge in [0.05, 0.1) is 18.8 Å². The van der Waals surface area contributed by atoms with E-state index in [2.05, 4.69) is 11.4 Å². The van der Waals surface area contributed by atoms with Crippen LogP contribution in [-0.4, -0.2) is 25.1 Å². The first-order chi connectivity index (χ1) is 14.5. The first-order valence-corrected chi connectivity index (χ1v) is 10.7. The number of carbonyl (C=O) groups is 2. The summed E-state index contributed by atoms with van der Waals surface area (Å²) in [6.07, 6.45) is 0. The van der Waals surface area contributed by atoms with Gasteiger partial charge in [0, 0.05) is 10.9 Å². The number of anilines is 1. The zero-order valence-electron chi connectivity index (χ0n) is 17.6. The number of hydrogen-bond donors (Lipinski definition) is 1. The van der Waals surface area contributed by atoms with Crippen molar-refractivity contribution >= 4 is 28.2 Å². The third kappa shape index (κ3) is 4.54. The van der Waals surface area contributed by atoms with Crippen LogP contribution >= 0.6 is 11.3 Å². The summed E-state index contributed by atoms with van der Waals surface area (Å²) in [5.41, 5.74) is 4.68. The van der Waals surface area contributed by atoms with Gasteiger partial charge in [-0.05, 0) is 51.0 Å². The first kappa shape index (κ1) is 21.6. The molecule has 5 nitrogen and oxygen atoms in total. The van der Waals surface area contributed by atoms with E-state index in [1.54, 1.807) is 25.1 Å². The Morgan fingerprint density at radius 3 is 2.47 bits per heavy atom. The molecular formula is C24H25NO4S. The lowest BCUT2D eigenvalue weighted by atomic mass is 9.97. The number of aryl methyl sites for hydroxylation is 2. The fourth-order valence-electron chi connectivity index (χ4n) is 3.28. The number of rotatable bonds is 7. The molecule has 30 heavy (non-hydrogen) atoms. The minimum atomic E-state index is -0.456. The average Bonchev–Trinajstić information content (AvgIpc) is 3.12. The minimum absolute atomic E-state index is 0.252. The fourth-order valence-corrected chi connectivity index (χ4v) is 4.22. The molecule has 1 N–H and O–H groups in total. The summed E-state index contributed by atoms with van der Waals surface area (Å²) in [6, 6.07) is 13.1. The molecule has 3 aromatic rings. The van der Waals surface area contributed by atoms with Gasteiger partial charge in [0.2, 0.25) is 0 Å². The lowest BCUT2D eigenvalue weighted by Crippen LogP contribution is -2.16. The molecule has 1 aromatic heterocycles. The summed E-state index contributed by atoms with van der Waals surface area (Å²) < 4.78 is 10.9. The molecule has 0 aliphatic rings. The minimum Gasteiger partial charge on any atom is -0.493 e. The smallest absolute Gasteiger partial charge is 0.341 e. The maximum Gasteiger partial charge on any atom is 0.341 e. The van der Waals surface area contributed by atoms with Crippen LogP contribution in [-0.2, 0) is 4.74 Å². The molecule has 6 heteroatoms. The van der Waals surface area contributed by atoms with E-state index < -0.39 is 5.97 Å². The summed E-state index contributed by atoms with van der Waals surface area (Å²) in [5.74, 6) is -0.290. The Hall–Kier alpha value is -3.12. The molecule has 0 unspecified atom stereocenters. The van der Waals surface area contributed by atoms with Crippen molar-refractivity contribution in [2.24, 2.45) is 0 Å². The molecular weight excluding hydrogens is 398 g/mol. The molecule has 0 atom stereocenters. The number of amides is 1. The predicted octanol–water partition coefficient (Wildman–Crippen LogP) is 5.86. The van der Waals surface area contributed by atoms with Gasteiger partial charge in [-0.2, -0.15) is 0 Å². The quantitative estimate of drug-likeness (QED) is 0.484. The van der Waals surface area contributed by atoms with Crippen molar-refractivity contribution in [3.05, 3.63) is 70.1 Å². The molecule has 3 rings (SSSR count). The third-order valence-corrected chi connectivity index (χ3v) is 5.50. The SMILES string of the molecule is CCOC(=O)c1c(-c2ccc(C)cc2C)csc1NC(=O)c1ccccc1OCC. The zero-order valence-corrected chi connectivity index (χ0v) is 18.4. The second-order valence-electron chi connectivity index (χ2n) is 6.78. The van der Waals surface area contributed by atoms with E-state index in [0.29, 0.717) is 28.5 Å². The van der Waals surface area contributed by atoms with Gasteiger partial charge < -0.3 is 14.8 Å². The normalized spacial score (nSPS) is 10.5. The summed E-state index contributed by atoms with van der Waals surface area (Å²) in [6.45, 7) is 8.36. The van der Waals surface area contributed by atoms with Gasteiger partial charge in [0.1, 0.15) is 16.3 Å². The third-order valence-electron chi connectivity index (χ3n) is 4.60. The topological polar surface area (TPSA) is 64.6 Å². The van der Waals surface area contributed by atoms with Gasteiger partial charge >= 0.3 is 5.97 Å². The molecule has 0 radical (unpaired) electrons. The van der Waals surface area contributed by atoms with Gasteiger partial charge in [0.25, 0.3) is 5.91 Å². The van der Waals surface area contributed by atoms with Crippen molar-refractivity contribution in [2.45, 2.75) is 27.7 Å². The fraction of sp³-hybridized carbons (Fsp3) is 0.250. The molecule has 0 aliphatic carbocycles.